The van der Waals surface area contributed by atoms with E-state index in [1.54, 1.807) is 0 Å². The van der Waals surface area contributed by atoms with Crippen LogP contribution in [0.1, 0.15) is 40.9 Å². The van der Waals surface area contributed by atoms with Crippen molar-refractivity contribution in [3.8, 4) is 0 Å². The van der Waals surface area contributed by atoms with Gasteiger partial charge in [0.2, 0.25) is 5.91 Å². The highest BCUT2D eigenvalue weighted by Crippen LogP contribution is 2.24. The molecule has 2 atom stereocenters. The molecule has 2 aliphatic heterocycles. The van der Waals surface area contributed by atoms with Gasteiger partial charge in [0.25, 0.3) is 5.91 Å². The van der Waals surface area contributed by atoms with Crippen LogP contribution >= 0.6 is 11.3 Å². The Morgan fingerprint density at radius 2 is 1.79 bits per heavy atom. The van der Waals surface area contributed by atoms with E-state index in [1.807, 2.05) is 58.7 Å². The number of carbonyl (C=O) groups is 2. The number of fused-ring (bicyclic) bond motifs is 1. The summed E-state index contributed by atoms with van der Waals surface area (Å²) < 4.78 is 0. The molecule has 1 aromatic heterocycles. The second-order valence-electron chi connectivity index (χ2n) is 9.68. The molecule has 3 aromatic rings. The van der Waals surface area contributed by atoms with Crippen LogP contribution in [-0.4, -0.2) is 54.3 Å². The number of piperidine rings is 2. The van der Waals surface area contributed by atoms with Crippen LogP contribution in [0.25, 0.3) is 10.8 Å². The minimum absolute atomic E-state index is 0.0331. The number of nitrogens with zero attached hydrogens (tertiary/aromatic N) is 2. The van der Waals surface area contributed by atoms with E-state index in [4.69, 9.17) is 0 Å². The van der Waals surface area contributed by atoms with Crippen LogP contribution in [0.3, 0.4) is 0 Å². The number of likely N-dealkylation sites (tertiary alicyclic amines) is 2. The maximum absolute atomic E-state index is 13.3. The van der Waals surface area contributed by atoms with Crippen molar-refractivity contribution in [1.82, 2.24) is 15.1 Å². The summed E-state index contributed by atoms with van der Waals surface area (Å²) in [7, 11) is 0. The predicted molar refractivity (Wildman–Crippen MR) is 138 cm³/mol. The first kappa shape index (κ1) is 23.1. The van der Waals surface area contributed by atoms with Crippen LogP contribution in [0, 0.1) is 11.8 Å². The van der Waals surface area contributed by atoms with Crippen LogP contribution in [0.4, 0.5) is 0 Å². The Hall–Kier alpha value is -2.70. The highest BCUT2D eigenvalue weighted by Gasteiger charge is 2.30. The Bertz CT molecular complexity index is 1120. The summed E-state index contributed by atoms with van der Waals surface area (Å²) in [5.41, 5.74) is 0.729. The van der Waals surface area contributed by atoms with E-state index in [-0.39, 0.29) is 17.7 Å². The Kier molecular flexibility index (Phi) is 7.26. The van der Waals surface area contributed by atoms with E-state index < -0.39 is 0 Å². The van der Waals surface area contributed by atoms with E-state index in [1.165, 1.54) is 11.3 Å². The topological polar surface area (TPSA) is 52.7 Å². The normalized spacial score (nSPS) is 21.5. The fourth-order valence-corrected chi connectivity index (χ4v) is 6.18. The van der Waals surface area contributed by atoms with Gasteiger partial charge in [-0.25, -0.2) is 0 Å². The predicted octanol–water partition coefficient (Wildman–Crippen LogP) is 4.78. The Labute approximate surface area is 205 Å². The number of benzene rings is 2. The summed E-state index contributed by atoms with van der Waals surface area (Å²) in [6.45, 7) is 5.13. The summed E-state index contributed by atoms with van der Waals surface area (Å²) in [4.78, 5) is 32.2. The second kappa shape index (κ2) is 10.7. The lowest BCUT2D eigenvalue weighted by molar-refractivity contribution is -0.126. The van der Waals surface area contributed by atoms with Gasteiger partial charge in [0.05, 0.1) is 5.92 Å². The van der Waals surface area contributed by atoms with Gasteiger partial charge >= 0.3 is 0 Å². The molecule has 0 spiro atoms. The number of amides is 2. The number of nitrogens with one attached hydrogen (secondary N) is 1. The van der Waals surface area contributed by atoms with E-state index in [2.05, 4.69) is 27.7 Å². The summed E-state index contributed by atoms with van der Waals surface area (Å²) in [5, 5.41) is 7.41. The average Bonchev–Trinajstić information content (AvgIpc) is 3.40. The van der Waals surface area contributed by atoms with Crippen molar-refractivity contribution in [1.29, 1.82) is 0 Å². The van der Waals surface area contributed by atoms with Crippen LogP contribution in [0.2, 0.25) is 0 Å². The quantitative estimate of drug-likeness (QED) is 0.558. The number of rotatable bonds is 6. The van der Waals surface area contributed by atoms with Crippen molar-refractivity contribution in [3.05, 3.63) is 70.4 Å². The van der Waals surface area contributed by atoms with Gasteiger partial charge in [-0.2, -0.15) is 0 Å². The zero-order valence-corrected chi connectivity index (χ0v) is 20.4. The molecule has 1 N–H and O–H groups in total. The highest BCUT2D eigenvalue weighted by molar-refractivity contribution is 7.09. The molecule has 2 aliphatic rings. The fourth-order valence-electron chi connectivity index (χ4n) is 5.43. The summed E-state index contributed by atoms with van der Waals surface area (Å²) in [5.74, 6) is 0.504. The van der Waals surface area contributed by atoms with Crippen molar-refractivity contribution < 1.29 is 9.59 Å². The molecular weight excluding hydrogens is 442 g/mol. The summed E-state index contributed by atoms with van der Waals surface area (Å²) in [6.07, 6.45) is 4.06. The van der Waals surface area contributed by atoms with Crippen molar-refractivity contribution >= 4 is 33.9 Å². The van der Waals surface area contributed by atoms with E-state index >= 15 is 0 Å². The minimum Gasteiger partial charge on any atom is -0.355 e. The molecule has 5 nitrogen and oxygen atoms in total. The second-order valence-corrected chi connectivity index (χ2v) is 10.7. The van der Waals surface area contributed by atoms with Crippen LogP contribution in [0.15, 0.2) is 60.0 Å². The maximum atomic E-state index is 13.3. The van der Waals surface area contributed by atoms with Crippen LogP contribution < -0.4 is 5.32 Å². The molecule has 2 unspecified atom stereocenters. The average molecular weight is 476 g/mol. The van der Waals surface area contributed by atoms with Crippen LogP contribution in [0.5, 0.6) is 0 Å². The lowest BCUT2D eigenvalue weighted by atomic mass is 9.94. The third-order valence-electron chi connectivity index (χ3n) is 7.23. The fraction of sp³-hybridized carbons (Fsp3) is 0.429. The molecular formula is C28H33N3O2S. The molecule has 2 fully saturated rings. The zero-order chi connectivity index (χ0) is 23.3. The molecule has 2 saturated heterocycles. The molecule has 0 aliphatic carbocycles. The standard InChI is InChI=1S/C28H33N3O2S/c32-27(29-17-21-7-4-14-30(18-21)20-24-11-6-16-34-24)23-10-5-15-31(19-23)28(33)26-13-3-9-22-8-1-2-12-25(22)26/h1-3,6,8-9,11-13,16,21,23H,4-5,7,10,14-15,17-20H2,(H,29,32). The van der Waals surface area contributed by atoms with Gasteiger partial charge in [-0.15, -0.1) is 11.3 Å². The minimum atomic E-state index is -0.126. The number of thiophene rings is 1. The van der Waals surface area contributed by atoms with Gasteiger partial charge in [0, 0.05) is 43.2 Å². The van der Waals surface area contributed by atoms with Crippen molar-refractivity contribution in [2.24, 2.45) is 11.8 Å². The number of hydrogen-bond donors (Lipinski definition) is 1. The van der Waals surface area contributed by atoms with E-state index in [0.29, 0.717) is 19.0 Å². The third kappa shape index (κ3) is 5.34. The smallest absolute Gasteiger partial charge is 0.254 e. The molecule has 2 aromatic carbocycles. The van der Waals surface area contributed by atoms with Crippen molar-refractivity contribution in [3.63, 3.8) is 0 Å². The first-order valence-electron chi connectivity index (χ1n) is 12.5. The van der Waals surface area contributed by atoms with Gasteiger partial charge in [0.1, 0.15) is 0 Å². The van der Waals surface area contributed by atoms with E-state index in [0.717, 1.165) is 61.8 Å². The lowest BCUT2D eigenvalue weighted by Gasteiger charge is -2.34. The van der Waals surface area contributed by atoms with Crippen molar-refractivity contribution in [2.45, 2.75) is 32.2 Å². The first-order valence-corrected chi connectivity index (χ1v) is 13.3. The Morgan fingerprint density at radius 1 is 0.941 bits per heavy atom. The third-order valence-corrected chi connectivity index (χ3v) is 8.09. The number of carbonyl (C=O) groups excluding carboxylic acids is 2. The molecule has 0 saturated carbocycles. The molecule has 2 amide bonds. The molecule has 178 valence electrons. The molecule has 6 heteroatoms. The first-order chi connectivity index (χ1) is 16.7. The molecule has 0 radical (unpaired) electrons. The van der Waals surface area contributed by atoms with Crippen LogP contribution in [-0.2, 0) is 11.3 Å². The summed E-state index contributed by atoms with van der Waals surface area (Å²) in [6, 6.07) is 18.2. The van der Waals surface area contributed by atoms with Gasteiger partial charge in [-0.05, 0) is 66.4 Å². The molecule has 34 heavy (non-hydrogen) atoms. The number of hydrogen-bond acceptors (Lipinski definition) is 4. The Morgan fingerprint density at radius 3 is 2.68 bits per heavy atom. The van der Waals surface area contributed by atoms with Crippen molar-refractivity contribution in [2.75, 3.05) is 32.7 Å². The maximum Gasteiger partial charge on any atom is 0.254 e. The largest absolute Gasteiger partial charge is 0.355 e. The Balaban J connectivity index is 1.15. The van der Waals surface area contributed by atoms with Gasteiger partial charge in [-0.1, -0.05) is 42.5 Å². The van der Waals surface area contributed by atoms with Gasteiger partial charge in [0.15, 0.2) is 0 Å². The molecule has 0 bridgehead atoms. The van der Waals surface area contributed by atoms with Gasteiger partial charge < -0.3 is 10.2 Å². The zero-order valence-electron chi connectivity index (χ0n) is 19.6. The monoisotopic (exact) mass is 475 g/mol. The van der Waals surface area contributed by atoms with Gasteiger partial charge in [-0.3, -0.25) is 14.5 Å². The lowest BCUT2D eigenvalue weighted by Crippen LogP contribution is -2.47. The molecule has 5 rings (SSSR count). The highest BCUT2D eigenvalue weighted by atomic mass is 32.1. The van der Waals surface area contributed by atoms with E-state index in [9.17, 15) is 9.59 Å². The molecule has 3 heterocycles. The SMILES string of the molecule is O=C(NCC1CCCN(Cc2cccs2)C1)C1CCCN(C(=O)c2cccc3ccccc23)C1. The summed E-state index contributed by atoms with van der Waals surface area (Å²) >= 11 is 1.81.